The second-order valence-corrected chi connectivity index (χ2v) is 7.18. The Kier molecular flexibility index (Phi) is 6.47. The molecule has 24 heavy (non-hydrogen) atoms. The van der Waals surface area contributed by atoms with E-state index >= 15 is 0 Å². The van der Waals surface area contributed by atoms with Crippen molar-refractivity contribution in [2.45, 2.75) is 56.8 Å². The number of hydrogen-bond donors (Lipinski definition) is 2. The first kappa shape index (κ1) is 19.4. The number of fused-ring (bicyclic) bond motifs is 2. The lowest BCUT2D eigenvalue weighted by molar-refractivity contribution is 0.0992. The van der Waals surface area contributed by atoms with Gasteiger partial charge in [-0.15, -0.1) is 24.0 Å². The summed E-state index contributed by atoms with van der Waals surface area (Å²) in [6, 6.07) is 7.07. The Balaban J connectivity index is 0.00000208. The van der Waals surface area contributed by atoms with Gasteiger partial charge in [0.2, 0.25) is 0 Å². The molecule has 1 aromatic rings. The van der Waals surface area contributed by atoms with Crippen LogP contribution in [-0.4, -0.2) is 37.8 Å². The maximum absolute atomic E-state index is 13.1. The molecule has 1 aromatic carbocycles. The molecule has 2 heterocycles. The molecule has 3 atom stereocenters. The van der Waals surface area contributed by atoms with Gasteiger partial charge in [0.1, 0.15) is 5.82 Å². The molecule has 2 aliphatic heterocycles. The van der Waals surface area contributed by atoms with Crippen molar-refractivity contribution in [2.24, 2.45) is 4.99 Å². The number of nitrogens with one attached hydrogen (secondary N) is 2. The molecule has 0 saturated carbocycles. The molecule has 2 saturated heterocycles. The topological polar surface area (TPSA) is 45.7 Å². The highest BCUT2D eigenvalue weighted by Gasteiger charge is 2.41. The van der Waals surface area contributed by atoms with Crippen LogP contribution < -0.4 is 10.6 Å². The number of nitrogens with zero attached hydrogens (tertiary/aromatic N) is 1. The summed E-state index contributed by atoms with van der Waals surface area (Å²) in [6.07, 6.45) is 4.13. The maximum atomic E-state index is 13.1. The van der Waals surface area contributed by atoms with Gasteiger partial charge in [0.05, 0.1) is 18.2 Å². The van der Waals surface area contributed by atoms with Crippen LogP contribution in [-0.2, 0) is 10.2 Å². The molecule has 0 radical (unpaired) electrons. The Morgan fingerprint density at radius 2 is 2.00 bits per heavy atom. The second-order valence-electron chi connectivity index (χ2n) is 7.18. The fraction of sp³-hybridized carbons (Fsp3) is 0.611. The van der Waals surface area contributed by atoms with Crippen molar-refractivity contribution in [1.29, 1.82) is 0 Å². The first-order valence-corrected chi connectivity index (χ1v) is 8.36. The van der Waals surface area contributed by atoms with E-state index in [1.165, 1.54) is 18.6 Å². The molecule has 2 bridgehead atoms. The predicted octanol–water partition coefficient (Wildman–Crippen LogP) is 3.21. The molecule has 134 valence electrons. The Labute approximate surface area is 160 Å². The van der Waals surface area contributed by atoms with Crippen molar-refractivity contribution in [1.82, 2.24) is 10.6 Å². The summed E-state index contributed by atoms with van der Waals surface area (Å²) in [5.74, 6) is 0.604. The second kappa shape index (κ2) is 7.99. The Hall–Kier alpha value is -0.890. The average molecular weight is 447 g/mol. The van der Waals surface area contributed by atoms with Crippen LogP contribution >= 0.6 is 24.0 Å². The average Bonchev–Trinajstić information content (AvgIpc) is 3.14. The van der Waals surface area contributed by atoms with Gasteiger partial charge in [-0.1, -0.05) is 26.0 Å². The molecule has 3 rings (SSSR count). The van der Waals surface area contributed by atoms with E-state index < -0.39 is 0 Å². The summed E-state index contributed by atoms with van der Waals surface area (Å²) in [5.41, 5.74) is 0.987. The van der Waals surface area contributed by atoms with E-state index in [0.717, 1.165) is 30.9 Å². The zero-order valence-corrected chi connectivity index (χ0v) is 16.8. The van der Waals surface area contributed by atoms with Crippen LogP contribution in [0.4, 0.5) is 4.39 Å². The highest BCUT2D eigenvalue weighted by atomic mass is 127. The lowest BCUT2D eigenvalue weighted by atomic mass is 9.84. The number of halogens is 2. The lowest BCUT2D eigenvalue weighted by Crippen LogP contribution is -2.49. The summed E-state index contributed by atoms with van der Waals surface area (Å²) < 4.78 is 19.0. The molecule has 0 aromatic heterocycles. The Bertz CT molecular complexity index is 576. The quantitative estimate of drug-likeness (QED) is 0.424. The fourth-order valence-corrected chi connectivity index (χ4v) is 3.47. The number of hydrogen-bond acceptors (Lipinski definition) is 2. The van der Waals surface area contributed by atoms with Gasteiger partial charge in [-0.05, 0) is 37.0 Å². The van der Waals surface area contributed by atoms with Crippen LogP contribution in [0.15, 0.2) is 29.3 Å². The predicted molar refractivity (Wildman–Crippen MR) is 106 cm³/mol. The van der Waals surface area contributed by atoms with Gasteiger partial charge in [-0.3, -0.25) is 4.99 Å². The van der Waals surface area contributed by atoms with Gasteiger partial charge in [-0.25, -0.2) is 4.39 Å². The highest BCUT2D eigenvalue weighted by Crippen LogP contribution is 2.34. The molecule has 2 aliphatic rings. The third-order valence-electron chi connectivity index (χ3n) is 4.98. The summed E-state index contributed by atoms with van der Waals surface area (Å²) in [5, 5.41) is 6.88. The van der Waals surface area contributed by atoms with Crippen molar-refractivity contribution < 1.29 is 9.13 Å². The van der Waals surface area contributed by atoms with E-state index in [0.29, 0.717) is 18.2 Å². The van der Waals surface area contributed by atoms with E-state index in [1.54, 1.807) is 7.05 Å². The SMILES string of the molecule is CN=C(NCC(C)(C)c1ccc(F)cc1)NC1CC2CCC1O2.I. The summed E-state index contributed by atoms with van der Waals surface area (Å²) in [7, 11) is 1.79. The largest absolute Gasteiger partial charge is 0.373 e. The van der Waals surface area contributed by atoms with E-state index in [9.17, 15) is 4.39 Å². The smallest absolute Gasteiger partial charge is 0.191 e. The number of benzene rings is 1. The van der Waals surface area contributed by atoms with Gasteiger partial charge in [0.15, 0.2) is 5.96 Å². The van der Waals surface area contributed by atoms with Crippen LogP contribution in [0.2, 0.25) is 0 Å². The van der Waals surface area contributed by atoms with Gasteiger partial charge in [-0.2, -0.15) is 0 Å². The monoisotopic (exact) mass is 447 g/mol. The molecular formula is C18H27FIN3O. The lowest BCUT2D eigenvalue weighted by Gasteiger charge is -2.28. The van der Waals surface area contributed by atoms with E-state index in [-0.39, 0.29) is 35.2 Å². The zero-order valence-electron chi connectivity index (χ0n) is 14.5. The minimum Gasteiger partial charge on any atom is -0.373 e. The molecule has 0 aliphatic carbocycles. The van der Waals surface area contributed by atoms with E-state index in [4.69, 9.17) is 4.74 Å². The minimum atomic E-state index is -0.203. The first-order chi connectivity index (χ1) is 11.0. The molecule has 3 unspecified atom stereocenters. The normalized spacial score (nSPS) is 26.2. The standard InChI is InChI=1S/C18H26FN3O.HI/c1-18(2,12-4-6-13(19)7-5-12)11-21-17(20-3)22-15-10-14-8-9-16(15)23-14;/h4-7,14-16H,8-11H2,1-3H3,(H2,20,21,22);1H. The highest BCUT2D eigenvalue weighted by molar-refractivity contribution is 14.0. The molecule has 4 nitrogen and oxygen atoms in total. The summed E-state index contributed by atoms with van der Waals surface area (Å²) in [6.45, 7) is 5.00. The number of aliphatic imine (C=N–C) groups is 1. The van der Waals surface area contributed by atoms with Gasteiger partial charge in [0.25, 0.3) is 0 Å². The van der Waals surface area contributed by atoms with Crippen LogP contribution in [0, 0.1) is 5.82 Å². The molecule has 0 spiro atoms. The van der Waals surface area contributed by atoms with Crippen LogP contribution in [0.25, 0.3) is 0 Å². The molecule has 6 heteroatoms. The summed E-state index contributed by atoms with van der Waals surface area (Å²) in [4.78, 5) is 4.32. The van der Waals surface area contributed by atoms with Gasteiger partial charge >= 0.3 is 0 Å². The third-order valence-corrected chi connectivity index (χ3v) is 4.98. The Morgan fingerprint density at radius 3 is 2.54 bits per heavy atom. The summed E-state index contributed by atoms with van der Waals surface area (Å²) >= 11 is 0. The van der Waals surface area contributed by atoms with Crippen molar-refractivity contribution >= 4 is 29.9 Å². The van der Waals surface area contributed by atoms with E-state index in [2.05, 4.69) is 29.5 Å². The van der Waals surface area contributed by atoms with Crippen LogP contribution in [0.5, 0.6) is 0 Å². The zero-order chi connectivity index (χ0) is 16.4. The fourth-order valence-electron chi connectivity index (χ4n) is 3.47. The maximum Gasteiger partial charge on any atom is 0.191 e. The van der Waals surface area contributed by atoms with Crippen LogP contribution in [0.1, 0.15) is 38.7 Å². The molecular weight excluding hydrogens is 420 g/mol. The molecule has 0 amide bonds. The van der Waals surface area contributed by atoms with Crippen molar-refractivity contribution in [3.8, 4) is 0 Å². The number of ether oxygens (including phenoxy) is 1. The molecule has 2 fully saturated rings. The van der Waals surface area contributed by atoms with Crippen molar-refractivity contribution in [2.75, 3.05) is 13.6 Å². The van der Waals surface area contributed by atoms with Gasteiger partial charge in [0, 0.05) is 19.0 Å². The van der Waals surface area contributed by atoms with Crippen molar-refractivity contribution in [3.63, 3.8) is 0 Å². The van der Waals surface area contributed by atoms with E-state index in [1.807, 2.05) is 12.1 Å². The number of guanidine groups is 1. The van der Waals surface area contributed by atoms with Crippen molar-refractivity contribution in [3.05, 3.63) is 35.6 Å². The minimum absolute atomic E-state index is 0. The Morgan fingerprint density at radius 1 is 1.29 bits per heavy atom. The molecule has 2 N–H and O–H groups in total. The first-order valence-electron chi connectivity index (χ1n) is 8.36. The van der Waals surface area contributed by atoms with Gasteiger partial charge < -0.3 is 15.4 Å². The number of rotatable bonds is 4. The van der Waals surface area contributed by atoms with Crippen LogP contribution in [0.3, 0.4) is 0 Å². The third kappa shape index (κ3) is 4.39.